The van der Waals surface area contributed by atoms with E-state index >= 15 is 0 Å². The largest absolute Gasteiger partial charge is 0.385 e. The molecule has 4 aliphatic rings. The van der Waals surface area contributed by atoms with Crippen LogP contribution in [0.4, 0.5) is 0 Å². The van der Waals surface area contributed by atoms with E-state index in [1.807, 2.05) is 12.2 Å². The van der Waals surface area contributed by atoms with Gasteiger partial charge in [-0.25, -0.2) is 0 Å². The Morgan fingerprint density at radius 2 is 1.87 bits per heavy atom. The molecule has 4 rings (SSSR count). The molecule has 1 N–H and O–H groups in total. The molecule has 23 heavy (non-hydrogen) atoms. The summed E-state index contributed by atoms with van der Waals surface area (Å²) in [5.41, 5.74) is 0.975. The lowest BCUT2D eigenvalue weighted by molar-refractivity contribution is -0.120. The maximum atomic E-state index is 11.9. The van der Waals surface area contributed by atoms with Crippen molar-refractivity contribution in [3.8, 4) is 0 Å². The van der Waals surface area contributed by atoms with Gasteiger partial charge in [0, 0.05) is 11.8 Å². The van der Waals surface area contributed by atoms with Crippen molar-refractivity contribution in [2.24, 2.45) is 28.6 Å². The maximum absolute atomic E-state index is 11.9. The van der Waals surface area contributed by atoms with Crippen LogP contribution >= 0.6 is 0 Å². The zero-order valence-electron chi connectivity index (χ0n) is 14.6. The summed E-state index contributed by atoms with van der Waals surface area (Å²) in [6.07, 6.45) is 12.1. The number of fused-ring (bicyclic) bond motifs is 5. The number of hydrogen-bond acceptors (Lipinski definition) is 2. The molecule has 0 aromatic carbocycles. The third-order valence-corrected chi connectivity index (χ3v) is 8.51. The van der Waals surface area contributed by atoms with Gasteiger partial charge < -0.3 is 5.11 Å². The van der Waals surface area contributed by atoms with E-state index in [1.54, 1.807) is 0 Å². The van der Waals surface area contributed by atoms with Crippen molar-refractivity contribution in [3.63, 3.8) is 0 Å². The van der Waals surface area contributed by atoms with E-state index in [9.17, 15) is 9.90 Å². The highest BCUT2D eigenvalue weighted by Crippen LogP contribution is 2.67. The minimum Gasteiger partial charge on any atom is -0.385 e. The Morgan fingerprint density at radius 1 is 1.13 bits per heavy atom. The van der Waals surface area contributed by atoms with E-state index in [4.69, 9.17) is 0 Å². The van der Waals surface area contributed by atoms with Gasteiger partial charge in [-0.2, -0.15) is 0 Å². The number of ketones is 1. The van der Waals surface area contributed by atoms with Crippen LogP contribution in [0.5, 0.6) is 0 Å². The van der Waals surface area contributed by atoms with E-state index in [0.29, 0.717) is 23.5 Å². The number of aliphatic hydroxyl groups is 1. The van der Waals surface area contributed by atoms with Crippen molar-refractivity contribution in [3.05, 3.63) is 24.3 Å². The van der Waals surface area contributed by atoms with E-state index in [1.165, 1.54) is 18.4 Å². The summed E-state index contributed by atoms with van der Waals surface area (Å²) in [5.74, 6) is 2.35. The highest BCUT2D eigenvalue weighted by molar-refractivity contribution is 5.91. The summed E-state index contributed by atoms with van der Waals surface area (Å²) in [7, 11) is 0. The molecule has 0 spiro atoms. The first-order valence-corrected chi connectivity index (χ1v) is 9.44. The Bertz CT molecular complexity index is 591. The van der Waals surface area contributed by atoms with E-state index < -0.39 is 5.60 Å². The van der Waals surface area contributed by atoms with Crippen molar-refractivity contribution in [1.82, 2.24) is 0 Å². The van der Waals surface area contributed by atoms with Crippen molar-refractivity contribution >= 4 is 5.78 Å². The normalized spacial score (nSPS) is 52.2. The molecule has 0 amide bonds. The van der Waals surface area contributed by atoms with Crippen molar-refractivity contribution < 1.29 is 9.90 Å². The second-order valence-electron chi connectivity index (χ2n) is 9.09. The molecule has 3 fully saturated rings. The van der Waals surface area contributed by atoms with Crippen molar-refractivity contribution in [2.45, 2.75) is 70.8 Å². The Kier molecular flexibility index (Phi) is 3.27. The third kappa shape index (κ3) is 1.88. The van der Waals surface area contributed by atoms with Gasteiger partial charge in [0.1, 0.15) is 0 Å². The quantitative estimate of drug-likeness (QED) is 0.727. The van der Waals surface area contributed by atoms with Crippen LogP contribution in [-0.4, -0.2) is 16.5 Å². The molecular formula is C21H30O2. The second kappa shape index (κ2) is 4.81. The molecular weight excluding hydrogens is 284 g/mol. The maximum Gasteiger partial charge on any atom is 0.155 e. The fourth-order valence-corrected chi connectivity index (χ4v) is 6.95. The van der Waals surface area contributed by atoms with Gasteiger partial charge in [-0.05, 0) is 74.2 Å². The lowest BCUT2D eigenvalue weighted by Gasteiger charge is -2.58. The highest BCUT2D eigenvalue weighted by Gasteiger charge is 2.62. The summed E-state index contributed by atoms with van der Waals surface area (Å²) in [4.78, 5) is 11.9. The Hall–Kier alpha value is -0.890. The molecule has 6 atom stereocenters. The molecule has 0 heterocycles. The fraction of sp³-hybridized carbons (Fsp3) is 0.762. The molecule has 2 nitrogen and oxygen atoms in total. The fourth-order valence-electron chi connectivity index (χ4n) is 6.95. The molecule has 126 valence electrons. The second-order valence-corrected chi connectivity index (χ2v) is 9.09. The number of carbonyl (C=O) groups is 1. The van der Waals surface area contributed by atoms with Crippen LogP contribution in [0.2, 0.25) is 0 Å². The Morgan fingerprint density at radius 3 is 2.61 bits per heavy atom. The monoisotopic (exact) mass is 314 g/mol. The van der Waals surface area contributed by atoms with Crippen LogP contribution < -0.4 is 0 Å². The van der Waals surface area contributed by atoms with Gasteiger partial charge >= 0.3 is 0 Å². The van der Waals surface area contributed by atoms with Gasteiger partial charge in [-0.3, -0.25) is 4.79 Å². The molecule has 0 radical (unpaired) electrons. The molecule has 0 bridgehead atoms. The van der Waals surface area contributed by atoms with E-state index in [2.05, 4.69) is 20.4 Å². The molecule has 0 aromatic rings. The predicted octanol–water partition coefficient (Wildman–Crippen LogP) is 4.44. The molecule has 0 aromatic heterocycles. The number of carbonyl (C=O) groups excluding carboxylic acids is 1. The average molecular weight is 314 g/mol. The molecule has 3 unspecified atom stereocenters. The van der Waals surface area contributed by atoms with Crippen LogP contribution in [0.25, 0.3) is 0 Å². The summed E-state index contributed by atoms with van der Waals surface area (Å²) >= 11 is 0. The van der Waals surface area contributed by atoms with E-state index in [0.717, 1.165) is 38.5 Å². The van der Waals surface area contributed by atoms with Crippen LogP contribution in [0.15, 0.2) is 24.3 Å². The number of rotatable bonds is 1. The van der Waals surface area contributed by atoms with Gasteiger partial charge in [0.05, 0.1) is 5.60 Å². The third-order valence-electron chi connectivity index (χ3n) is 8.51. The summed E-state index contributed by atoms with van der Waals surface area (Å²) < 4.78 is 0. The van der Waals surface area contributed by atoms with Crippen LogP contribution in [0.3, 0.4) is 0 Å². The lowest BCUT2D eigenvalue weighted by Crippen LogP contribution is -2.54. The van der Waals surface area contributed by atoms with Gasteiger partial charge in [0.2, 0.25) is 0 Å². The SMILES string of the molecule is C=C[C@]1(O)CCC2C3CCC4=CC(=O)CC[C@]4(C)C3CC[C@@]21C. The van der Waals surface area contributed by atoms with Crippen LogP contribution in [-0.2, 0) is 4.79 Å². The highest BCUT2D eigenvalue weighted by atomic mass is 16.3. The van der Waals surface area contributed by atoms with Crippen molar-refractivity contribution in [1.29, 1.82) is 0 Å². The molecule has 2 heteroatoms. The van der Waals surface area contributed by atoms with Gasteiger partial charge in [0.25, 0.3) is 0 Å². The molecule has 0 saturated heterocycles. The van der Waals surface area contributed by atoms with Gasteiger partial charge in [0.15, 0.2) is 5.78 Å². The summed E-state index contributed by atoms with van der Waals surface area (Å²) in [6, 6.07) is 0. The zero-order chi connectivity index (χ0) is 16.5. The minimum atomic E-state index is -0.678. The first-order chi connectivity index (χ1) is 10.8. The lowest BCUT2D eigenvalue weighted by atomic mass is 9.46. The predicted molar refractivity (Wildman–Crippen MR) is 91.9 cm³/mol. The average Bonchev–Trinajstić information content (AvgIpc) is 2.80. The Labute approximate surface area is 140 Å². The standard InChI is InChI=1S/C21H30O2/c1-4-21(23)12-9-18-16-6-5-14-13-15(22)7-10-19(14,2)17(16)8-11-20(18,21)3/h4,13,16-18,23H,1,5-12H2,2-3H3/t16?,17?,18?,19-,20-,21-/m0/s1. The summed E-state index contributed by atoms with van der Waals surface area (Å²) in [6.45, 7) is 8.67. The minimum absolute atomic E-state index is 0.00200. The molecule has 0 aliphatic heterocycles. The van der Waals surface area contributed by atoms with Gasteiger partial charge in [-0.15, -0.1) is 6.58 Å². The van der Waals surface area contributed by atoms with Gasteiger partial charge in [-0.1, -0.05) is 25.5 Å². The topological polar surface area (TPSA) is 37.3 Å². The molecule has 3 saturated carbocycles. The first kappa shape index (κ1) is 15.6. The first-order valence-electron chi connectivity index (χ1n) is 9.44. The van der Waals surface area contributed by atoms with Crippen molar-refractivity contribution in [2.75, 3.05) is 0 Å². The summed E-state index contributed by atoms with van der Waals surface area (Å²) in [5, 5.41) is 11.1. The van der Waals surface area contributed by atoms with Crippen LogP contribution in [0.1, 0.15) is 65.2 Å². The number of hydrogen-bond donors (Lipinski definition) is 1. The zero-order valence-corrected chi connectivity index (χ0v) is 14.6. The smallest absolute Gasteiger partial charge is 0.155 e. The molecule has 4 aliphatic carbocycles. The van der Waals surface area contributed by atoms with E-state index in [-0.39, 0.29) is 10.8 Å². The number of allylic oxidation sites excluding steroid dienone is 1. The Balaban J connectivity index is 1.70. The van der Waals surface area contributed by atoms with Crippen LogP contribution in [0, 0.1) is 28.6 Å².